The minimum absolute atomic E-state index is 0.128. The van der Waals surface area contributed by atoms with Gasteiger partial charge in [-0.25, -0.2) is 14.2 Å². The molecule has 25 heavy (non-hydrogen) atoms. The highest BCUT2D eigenvalue weighted by Gasteiger charge is 2.15. The van der Waals surface area contributed by atoms with Gasteiger partial charge in [0.15, 0.2) is 5.76 Å². The van der Waals surface area contributed by atoms with Crippen LogP contribution >= 0.6 is 0 Å². The third kappa shape index (κ3) is 3.72. The van der Waals surface area contributed by atoms with Crippen LogP contribution in [-0.4, -0.2) is 24.0 Å². The van der Waals surface area contributed by atoms with Gasteiger partial charge in [-0.2, -0.15) is 0 Å². The number of nitrogens with one attached hydrogen (secondary N) is 1. The van der Waals surface area contributed by atoms with Crippen molar-refractivity contribution in [1.82, 2.24) is 4.98 Å². The summed E-state index contributed by atoms with van der Waals surface area (Å²) in [4.78, 5) is 27.5. The van der Waals surface area contributed by atoms with E-state index in [0.717, 1.165) is 0 Å². The number of esters is 1. The van der Waals surface area contributed by atoms with Crippen molar-refractivity contribution in [2.45, 2.75) is 0 Å². The number of oxazole rings is 1. The maximum atomic E-state index is 12.9. The molecule has 2 aromatic carbocycles. The summed E-state index contributed by atoms with van der Waals surface area (Å²) in [7, 11) is 1.29. The van der Waals surface area contributed by atoms with Crippen LogP contribution in [0.4, 0.5) is 10.1 Å². The minimum Gasteiger partial charge on any atom is -0.465 e. The molecule has 1 aromatic heterocycles. The summed E-state index contributed by atoms with van der Waals surface area (Å²) < 4.78 is 22.9. The average molecular weight is 340 g/mol. The average Bonchev–Trinajstić information content (AvgIpc) is 3.12. The second-order valence-electron chi connectivity index (χ2n) is 5.06. The monoisotopic (exact) mass is 340 g/mol. The number of rotatable bonds is 4. The summed E-state index contributed by atoms with van der Waals surface area (Å²) in [5.41, 5.74) is 1.45. The molecular formula is C18H13FN2O4. The Morgan fingerprint density at radius 1 is 1.08 bits per heavy atom. The van der Waals surface area contributed by atoms with Gasteiger partial charge in [0.1, 0.15) is 5.82 Å². The zero-order valence-corrected chi connectivity index (χ0v) is 13.2. The van der Waals surface area contributed by atoms with E-state index < -0.39 is 11.9 Å². The number of hydrogen-bond donors (Lipinski definition) is 1. The molecule has 0 atom stereocenters. The van der Waals surface area contributed by atoms with Crippen molar-refractivity contribution in [3.63, 3.8) is 0 Å². The lowest BCUT2D eigenvalue weighted by Gasteiger charge is -2.04. The fraction of sp³-hybridized carbons (Fsp3) is 0.0556. The molecule has 3 aromatic rings. The minimum atomic E-state index is -0.542. The number of ether oxygens (including phenoxy) is 1. The van der Waals surface area contributed by atoms with Gasteiger partial charge in [0.25, 0.3) is 5.89 Å². The van der Waals surface area contributed by atoms with Crippen molar-refractivity contribution >= 4 is 17.6 Å². The molecule has 126 valence electrons. The molecule has 6 nitrogen and oxygen atoms in total. The largest absolute Gasteiger partial charge is 0.465 e. The van der Waals surface area contributed by atoms with Crippen LogP contribution in [0.3, 0.4) is 0 Å². The SMILES string of the molecule is COC(=O)c1ccc(NC(=O)c2ncc(-c3ccc(F)cc3)o2)cc1. The maximum Gasteiger partial charge on any atom is 0.337 e. The molecule has 0 bridgehead atoms. The molecule has 0 aliphatic carbocycles. The Hall–Kier alpha value is -3.48. The molecule has 1 N–H and O–H groups in total. The summed E-state index contributed by atoms with van der Waals surface area (Å²) in [6.07, 6.45) is 1.39. The highest BCUT2D eigenvalue weighted by Crippen LogP contribution is 2.21. The van der Waals surface area contributed by atoms with Crippen LogP contribution in [0, 0.1) is 5.82 Å². The van der Waals surface area contributed by atoms with Crippen molar-refractivity contribution < 1.29 is 23.1 Å². The Kier molecular flexibility index (Phi) is 4.56. The Morgan fingerprint density at radius 3 is 2.40 bits per heavy atom. The van der Waals surface area contributed by atoms with Gasteiger partial charge in [-0.05, 0) is 48.5 Å². The van der Waals surface area contributed by atoms with Gasteiger partial charge in [0.2, 0.25) is 0 Å². The van der Waals surface area contributed by atoms with Gasteiger partial charge >= 0.3 is 11.9 Å². The normalized spacial score (nSPS) is 10.3. The number of halogens is 1. The molecule has 0 radical (unpaired) electrons. The lowest BCUT2D eigenvalue weighted by atomic mass is 10.2. The summed E-state index contributed by atoms with van der Waals surface area (Å²) in [5.74, 6) is -1.15. The predicted molar refractivity (Wildman–Crippen MR) is 87.6 cm³/mol. The summed E-state index contributed by atoms with van der Waals surface area (Å²) in [6.45, 7) is 0. The molecule has 3 rings (SSSR count). The molecule has 0 saturated heterocycles. The maximum absolute atomic E-state index is 12.9. The molecular weight excluding hydrogens is 327 g/mol. The molecule has 0 spiro atoms. The Balaban J connectivity index is 1.71. The molecule has 1 heterocycles. The van der Waals surface area contributed by atoms with Crippen molar-refractivity contribution in [2.24, 2.45) is 0 Å². The molecule has 1 amide bonds. The number of nitrogens with zero attached hydrogens (tertiary/aromatic N) is 1. The first kappa shape index (κ1) is 16.4. The van der Waals surface area contributed by atoms with Gasteiger partial charge in [0, 0.05) is 11.3 Å². The number of aromatic nitrogens is 1. The zero-order chi connectivity index (χ0) is 17.8. The standard InChI is InChI=1S/C18H13FN2O4/c1-24-18(23)12-4-8-14(9-5-12)21-16(22)17-20-10-15(25-17)11-2-6-13(19)7-3-11/h2-10H,1H3,(H,21,22). The van der Waals surface area contributed by atoms with Crippen molar-refractivity contribution in [1.29, 1.82) is 0 Å². The van der Waals surface area contributed by atoms with E-state index in [4.69, 9.17) is 4.42 Å². The molecule has 0 aliphatic heterocycles. The topological polar surface area (TPSA) is 81.4 Å². The number of hydrogen-bond acceptors (Lipinski definition) is 5. The van der Waals surface area contributed by atoms with Crippen molar-refractivity contribution in [2.75, 3.05) is 12.4 Å². The van der Waals surface area contributed by atoms with Crippen LogP contribution in [0.1, 0.15) is 21.0 Å². The van der Waals surface area contributed by atoms with E-state index in [9.17, 15) is 14.0 Å². The number of carbonyl (C=O) groups excluding carboxylic acids is 2. The lowest BCUT2D eigenvalue weighted by Crippen LogP contribution is -2.12. The van der Waals surface area contributed by atoms with E-state index in [1.54, 1.807) is 12.1 Å². The van der Waals surface area contributed by atoms with Crippen LogP contribution < -0.4 is 5.32 Å². The van der Waals surface area contributed by atoms with Gasteiger partial charge in [0.05, 0.1) is 18.9 Å². The second-order valence-corrected chi connectivity index (χ2v) is 5.06. The van der Waals surface area contributed by atoms with Crippen LogP contribution in [0.5, 0.6) is 0 Å². The molecule has 0 saturated carbocycles. The lowest BCUT2D eigenvalue weighted by molar-refractivity contribution is 0.0600. The third-order valence-electron chi connectivity index (χ3n) is 3.39. The van der Waals surface area contributed by atoms with E-state index in [0.29, 0.717) is 22.6 Å². The number of methoxy groups -OCH3 is 1. The summed E-state index contributed by atoms with van der Waals surface area (Å²) >= 11 is 0. The van der Waals surface area contributed by atoms with Crippen LogP contribution in [0.15, 0.2) is 59.1 Å². The van der Waals surface area contributed by atoms with E-state index in [-0.39, 0.29) is 11.7 Å². The van der Waals surface area contributed by atoms with Crippen molar-refractivity contribution in [3.8, 4) is 11.3 Å². The van der Waals surface area contributed by atoms with Crippen molar-refractivity contribution in [3.05, 3.63) is 72.0 Å². The molecule has 0 aliphatic rings. The highest BCUT2D eigenvalue weighted by atomic mass is 19.1. The van der Waals surface area contributed by atoms with Crippen LogP contribution in [0.25, 0.3) is 11.3 Å². The Labute approximate surface area is 142 Å². The van der Waals surface area contributed by atoms with E-state index in [1.807, 2.05) is 0 Å². The van der Waals surface area contributed by atoms with Gasteiger partial charge < -0.3 is 14.5 Å². The fourth-order valence-corrected chi connectivity index (χ4v) is 2.12. The Morgan fingerprint density at radius 2 is 1.76 bits per heavy atom. The first-order valence-corrected chi connectivity index (χ1v) is 7.28. The second kappa shape index (κ2) is 6.96. The number of carbonyl (C=O) groups is 2. The molecule has 0 fully saturated rings. The van der Waals surface area contributed by atoms with Gasteiger partial charge in [-0.1, -0.05) is 0 Å². The summed E-state index contributed by atoms with van der Waals surface area (Å²) in [5, 5.41) is 2.61. The first-order chi connectivity index (χ1) is 12.1. The fourth-order valence-electron chi connectivity index (χ4n) is 2.12. The number of benzene rings is 2. The Bertz CT molecular complexity index is 902. The number of anilines is 1. The summed E-state index contributed by atoms with van der Waals surface area (Å²) in [6, 6.07) is 11.8. The van der Waals surface area contributed by atoms with E-state index in [1.165, 1.54) is 49.7 Å². The molecule has 7 heteroatoms. The molecule has 0 unspecified atom stereocenters. The van der Waals surface area contributed by atoms with E-state index >= 15 is 0 Å². The highest BCUT2D eigenvalue weighted by molar-refractivity contribution is 6.01. The predicted octanol–water partition coefficient (Wildman–Crippen LogP) is 3.52. The van der Waals surface area contributed by atoms with Gasteiger partial charge in [-0.15, -0.1) is 0 Å². The third-order valence-corrected chi connectivity index (χ3v) is 3.39. The number of amides is 1. The zero-order valence-electron chi connectivity index (χ0n) is 13.2. The smallest absolute Gasteiger partial charge is 0.337 e. The van der Waals surface area contributed by atoms with Gasteiger partial charge in [-0.3, -0.25) is 4.79 Å². The van der Waals surface area contributed by atoms with Crippen LogP contribution in [-0.2, 0) is 4.74 Å². The van der Waals surface area contributed by atoms with Crippen LogP contribution in [0.2, 0.25) is 0 Å². The van der Waals surface area contributed by atoms with E-state index in [2.05, 4.69) is 15.0 Å². The quantitative estimate of drug-likeness (QED) is 0.735. The first-order valence-electron chi connectivity index (χ1n) is 7.28.